The number of fused-ring (bicyclic) bond motifs is 11. The first kappa shape index (κ1) is 27.1. The lowest BCUT2D eigenvalue weighted by atomic mass is 9.99. The highest BCUT2D eigenvalue weighted by molar-refractivity contribution is 7.21. The molecule has 0 aliphatic carbocycles. The molecule has 226 valence electrons. The third kappa shape index (κ3) is 3.81. The molecule has 4 heteroatoms. The molecular weight excluding hydrogens is 603 g/mol. The van der Waals surface area contributed by atoms with Gasteiger partial charge >= 0.3 is 0 Å². The van der Waals surface area contributed by atoms with Gasteiger partial charge in [-0.05, 0) is 79.4 Å². The molecule has 0 fully saturated rings. The molecule has 10 rings (SSSR count). The maximum absolute atomic E-state index is 6.92. The van der Waals surface area contributed by atoms with Crippen LogP contribution in [0.15, 0.2) is 176 Å². The Hall–Kier alpha value is -6.10. The summed E-state index contributed by atoms with van der Waals surface area (Å²) < 4.78 is 13.5. The molecular formula is C44H29NO2Si. The Labute approximate surface area is 279 Å². The van der Waals surface area contributed by atoms with Gasteiger partial charge in [-0.2, -0.15) is 0 Å². The zero-order valence-electron chi connectivity index (χ0n) is 26.0. The molecule has 2 aliphatic heterocycles. The van der Waals surface area contributed by atoms with Gasteiger partial charge in [-0.1, -0.05) is 127 Å². The Morgan fingerprint density at radius 3 is 1.52 bits per heavy atom. The Balaban J connectivity index is 1.27. The van der Waals surface area contributed by atoms with E-state index in [0.29, 0.717) is 0 Å². The summed E-state index contributed by atoms with van der Waals surface area (Å²) in [5.41, 5.74) is 3.25. The molecule has 3 nitrogen and oxygen atoms in total. The predicted octanol–water partition coefficient (Wildman–Crippen LogP) is 9.05. The minimum atomic E-state index is -2.82. The van der Waals surface area contributed by atoms with Crippen molar-refractivity contribution in [1.29, 1.82) is 0 Å². The van der Waals surface area contributed by atoms with Gasteiger partial charge in [-0.3, -0.25) is 0 Å². The summed E-state index contributed by atoms with van der Waals surface area (Å²) in [4.78, 5) is 2.37. The van der Waals surface area contributed by atoms with Crippen LogP contribution < -0.4 is 35.1 Å². The third-order valence-electron chi connectivity index (χ3n) is 9.94. The lowest BCUT2D eigenvalue weighted by molar-refractivity contribution is 0.482. The summed E-state index contributed by atoms with van der Waals surface area (Å²) in [5, 5.41) is 9.84. The monoisotopic (exact) mass is 631 g/mol. The van der Waals surface area contributed by atoms with E-state index in [9.17, 15) is 0 Å². The van der Waals surface area contributed by atoms with Crippen molar-refractivity contribution in [2.24, 2.45) is 0 Å². The van der Waals surface area contributed by atoms with Crippen molar-refractivity contribution in [3.05, 3.63) is 176 Å². The van der Waals surface area contributed by atoms with E-state index >= 15 is 0 Å². The molecule has 0 N–H and O–H groups in total. The summed E-state index contributed by atoms with van der Waals surface area (Å²) in [6.45, 7) is 0. The summed E-state index contributed by atoms with van der Waals surface area (Å²) in [7, 11) is -2.82. The fourth-order valence-corrected chi connectivity index (χ4v) is 13.1. The summed E-state index contributed by atoms with van der Waals surface area (Å²) >= 11 is 0. The second kappa shape index (κ2) is 10.5. The fraction of sp³-hybridized carbons (Fsp3) is 0. The highest BCUT2D eigenvalue weighted by Gasteiger charge is 2.52. The van der Waals surface area contributed by atoms with Crippen LogP contribution in [0, 0.1) is 0 Å². The van der Waals surface area contributed by atoms with Crippen molar-refractivity contribution < 1.29 is 9.47 Å². The van der Waals surface area contributed by atoms with E-state index in [1.807, 2.05) is 0 Å². The van der Waals surface area contributed by atoms with Crippen molar-refractivity contribution in [3.63, 3.8) is 0 Å². The van der Waals surface area contributed by atoms with Crippen LogP contribution in [0.2, 0.25) is 0 Å². The van der Waals surface area contributed by atoms with E-state index in [1.165, 1.54) is 42.3 Å². The van der Waals surface area contributed by atoms with Gasteiger partial charge in [0.1, 0.15) is 23.0 Å². The largest absolute Gasteiger partial charge is 0.458 e. The van der Waals surface area contributed by atoms with Crippen LogP contribution >= 0.6 is 0 Å². The molecule has 0 aromatic heterocycles. The summed E-state index contributed by atoms with van der Waals surface area (Å²) in [5.74, 6) is 3.63. The molecule has 0 radical (unpaired) electrons. The lowest BCUT2D eigenvalue weighted by Gasteiger charge is -2.43. The first-order valence-electron chi connectivity index (χ1n) is 16.4. The molecule has 48 heavy (non-hydrogen) atoms. The highest BCUT2D eigenvalue weighted by Crippen LogP contribution is 2.44. The van der Waals surface area contributed by atoms with Crippen LogP contribution in [0.5, 0.6) is 23.0 Å². The van der Waals surface area contributed by atoms with E-state index in [2.05, 4.69) is 181 Å². The van der Waals surface area contributed by atoms with Crippen LogP contribution in [0.25, 0.3) is 21.5 Å². The normalized spacial score (nSPS) is 13.5. The minimum absolute atomic E-state index is 0.885. The second-order valence-corrected chi connectivity index (χ2v) is 16.1. The second-order valence-electron chi connectivity index (χ2n) is 12.5. The number of benzene rings is 8. The number of hydrogen-bond donors (Lipinski definition) is 0. The Morgan fingerprint density at radius 1 is 0.354 bits per heavy atom. The molecule has 2 aliphatic rings. The lowest BCUT2D eigenvalue weighted by Crippen LogP contribution is -2.77. The quantitative estimate of drug-likeness (QED) is 0.143. The average molecular weight is 632 g/mol. The molecule has 0 saturated heterocycles. The van der Waals surface area contributed by atoms with Crippen LogP contribution in [0.4, 0.5) is 17.1 Å². The number of ether oxygens (including phenoxy) is 2. The molecule has 0 bridgehead atoms. The van der Waals surface area contributed by atoms with Gasteiger partial charge < -0.3 is 14.4 Å². The van der Waals surface area contributed by atoms with Gasteiger partial charge in [-0.25, -0.2) is 0 Å². The highest BCUT2D eigenvalue weighted by atomic mass is 28.3. The molecule has 0 amide bonds. The van der Waals surface area contributed by atoms with Crippen molar-refractivity contribution in [2.45, 2.75) is 0 Å². The topological polar surface area (TPSA) is 21.7 Å². The first-order valence-corrected chi connectivity index (χ1v) is 18.4. The van der Waals surface area contributed by atoms with Crippen LogP contribution in [-0.4, -0.2) is 8.07 Å². The standard InChI is InChI=1S/C44H29NO2Si/c1-2-15-31(16-3-1)45(36-28-30-14-4-5-17-33(30)34-18-6-7-19-35(34)36)32-26-27-44-40(29-32)47-39-22-10-13-25-43(39)48(44)41-23-11-8-20-37(41)46-38-21-9-12-24-42(38)48/h1-29H. The summed E-state index contributed by atoms with van der Waals surface area (Å²) in [6.07, 6.45) is 0. The van der Waals surface area contributed by atoms with Gasteiger partial charge in [0.25, 0.3) is 0 Å². The van der Waals surface area contributed by atoms with Crippen LogP contribution in [0.3, 0.4) is 0 Å². The van der Waals surface area contributed by atoms with E-state index < -0.39 is 8.07 Å². The number of nitrogens with zero attached hydrogens (tertiary/aromatic N) is 1. The molecule has 0 saturated carbocycles. The van der Waals surface area contributed by atoms with Crippen LogP contribution in [-0.2, 0) is 0 Å². The molecule has 1 spiro atoms. The van der Waals surface area contributed by atoms with Crippen molar-refractivity contribution in [1.82, 2.24) is 0 Å². The first-order chi connectivity index (χ1) is 23.8. The average Bonchev–Trinajstić information content (AvgIpc) is 3.15. The van der Waals surface area contributed by atoms with E-state index in [4.69, 9.17) is 9.47 Å². The SMILES string of the molecule is c1ccc(N(c2ccc3c(c2)Oc2ccccc2[Si]32c3ccccc3Oc3ccccc32)c2cc3ccccc3c3ccccc23)cc1. The predicted molar refractivity (Wildman–Crippen MR) is 200 cm³/mol. The molecule has 0 unspecified atom stereocenters. The van der Waals surface area contributed by atoms with E-state index in [1.54, 1.807) is 0 Å². The Bertz CT molecular complexity index is 2480. The zero-order chi connectivity index (χ0) is 31.7. The third-order valence-corrected chi connectivity index (χ3v) is 14.8. The smallest absolute Gasteiger partial charge is 0.196 e. The van der Waals surface area contributed by atoms with Gasteiger partial charge in [0.15, 0.2) is 8.07 Å². The number of para-hydroxylation sites is 4. The molecule has 2 heterocycles. The van der Waals surface area contributed by atoms with Crippen molar-refractivity contribution in [3.8, 4) is 23.0 Å². The van der Waals surface area contributed by atoms with Gasteiger partial charge in [0, 0.05) is 22.8 Å². The van der Waals surface area contributed by atoms with Crippen LogP contribution in [0.1, 0.15) is 0 Å². The van der Waals surface area contributed by atoms with Gasteiger partial charge in [0.2, 0.25) is 0 Å². The maximum Gasteiger partial charge on any atom is 0.196 e. The van der Waals surface area contributed by atoms with E-state index in [-0.39, 0.29) is 0 Å². The van der Waals surface area contributed by atoms with E-state index in [0.717, 1.165) is 40.1 Å². The molecule has 8 aromatic rings. The van der Waals surface area contributed by atoms with Gasteiger partial charge in [-0.15, -0.1) is 0 Å². The van der Waals surface area contributed by atoms with Gasteiger partial charge in [0.05, 0.1) is 5.69 Å². The number of rotatable bonds is 3. The number of anilines is 3. The zero-order valence-corrected chi connectivity index (χ0v) is 27.0. The Kier molecular flexibility index (Phi) is 5.89. The minimum Gasteiger partial charge on any atom is -0.458 e. The van der Waals surface area contributed by atoms with Crippen molar-refractivity contribution >= 4 is 67.4 Å². The van der Waals surface area contributed by atoms with Crippen molar-refractivity contribution in [2.75, 3.05) is 4.90 Å². The molecule has 8 aromatic carbocycles. The number of hydrogen-bond acceptors (Lipinski definition) is 3. The molecule has 0 atom stereocenters. The summed E-state index contributed by atoms with van der Waals surface area (Å²) in [6, 6.07) is 62.9. The Morgan fingerprint density at radius 2 is 0.854 bits per heavy atom. The fourth-order valence-electron chi connectivity index (χ4n) is 7.97. The maximum atomic E-state index is 6.92.